The van der Waals surface area contributed by atoms with Crippen LogP contribution in [0.1, 0.15) is 16.7 Å². The zero-order valence-corrected chi connectivity index (χ0v) is 15.3. The van der Waals surface area contributed by atoms with Crippen molar-refractivity contribution in [3.8, 4) is 0 Å². The summed E-state index contributed by atoms with van der Waals surface area (Å²) in [6.07, 6.45) is 2.72. The first-order chi connectivity index (χ1) is 13.3. The second kappa shape index (κ2) is 6.75. The third-order valence-corrected chi connectivity index (χ3v) is 4.76. The van der Waals surface area contributed by atoms with Crippen LogP contribution in [-0.4, -0.2) is 34.9 Å². The minimum atomic E-state index is -1.77. The highest BCUT2D eigenvalue weighted by Crippen LogP contribution is 2.28. The maximum absolute atomic E-state index is 14.5. The van der Waals surface area contributed by atoms with Gasteiger partial charge in [-0.3, -0.25) is 0 Å². The number of halogens is 2. The van der Waals surface area contributed by atoms with E-state index in [-0.39, 0.29) is 18.7 Å². The number of benzene rings is 2. The molecule has 1 unspecified atom stereocenters. The van der Waals surface area contributed by atoms with Gasteiger partial charge in [0.05, 0.1) is 13.1 Å². The first-order valence-electron chi connectivity index (χ1n) is 8.66. The Balaban J connectivity index is 1.77. The standard InChI is InChI=1S/C19H18F2N6O/c1-12-5-17-18(6-13(12)2)25-27(24-17)9-19(28,8-26-11-22-10-23-26)15-4-3-14(20)7-16(15)21/h3-7,10-11,28H,8-9H2,1-2H3. The molecule has 4 rings (SSSR count). The van der Waals surface area contributed by atoms with Crippen LogP contribution in [0.2, 0.25) is 0 Å². The van der Waals surface area contributed by atoms with Crippen molar-refractivity contribution in [2.45, 2.75) is 32.5 Å². The molecule has 4 aromatic rings. The number of aryl methyl sites for hydroxylation is 2. The molecule has 0 bridgehead atoms. The van der Waals surface area contributed by atoms with Gasteiger partial charge >= 0.3 is 0 Å². The van der Waals surface area contributed by atoms with Gasteiger partial charge in [0.15, 0.2) is 0 Å². The minimum Gasteiger partial charge on any atom is -0.381 e. The molecule has 28 heavy (non-hydrogen) atoms. The van der Waals surface area contributed by atoms with Gasteiger partial charge in [0.1, 0.15) is 40.9 Å². The molecule has 0 aliphatic rings. The number of rotatable bonds is 5. The van der Waals surface area contributed by atoms with Gasteiger partial charge in [-0.05, 0) is 43.2 Å². The summed E-state index contributed by atoms with van der Waals surface area (Å²) in [5.41, 5.74) is 1.64. The van der Waals surface area contributed by atoms with Crippen LogP contribution in [0, 0.1) is 25.5 Å². The number of hydrogen-bond donors (Lipinski definition) is 1. The number of hydrogen-bond acceptors (Lipinski definition) is 5. The van der Waals surface area contributed by atoms with E-state index in [0.717, 1.165) is 23.3 Å². The average Bonchev–Trinajstić information content (AvgIpc) is 3.24. The van der Waals surface area contributed by atoms with Crippen molar-refractivity contribution >= 4 is 11.0 Å². The van der Waals surface area contributed by atoms with Gasteiger partial charge in [-0.1, -0.05) is 6.07 Å². The van der Waals surface area contributed by atoms with Gasteiger partial charge in [0, 0.05) is 11.6 Å². The molecule has 0 radical (unpaired) electrons. The average molecular weight is 384 g/mol. The molecule has 0 spiro atoms. The molecule has 0 amide bonds. The Hall–Kier alpha value is -3.20. The fourth-order valence-electron chi connectivity index (χ4n) is 3.19. The highest BCUT2D eigenvalue weighted by atomic mass is 19.1. The van der Waals surface area contributed by atoms with Crippen molar-refractivity contribution in [2.24, 2.45) is 0 Å². The molecule has 0 aliphatic carbocycles. The van der Waals surface area contributed by atoms with Crippen LogP contribution >= 0.6 is 0 Å². The summed E-state index contributed by atoms with van der Waals surface area (Å²) in [5.74, 6) is -1.58. The zero-order chi connectivity index (χ0) is 19.9. The summed E-state index contributed by atoms with van der Waals surface area (Å²) < 4.78 is 29.2. The summed E-state index contributed by atoms with van der Waals surface area (Å²) in [6, 6.07) is 6.87. The van der Waals surface area contributed by atoms with Crippen LogP contribution in [0.25, 0.3) is 11.0 Å². The van der Waals surface area contributed by atoms with Crippen molar-refractivity contribution in [3.05, 3.63) is 71.3 Å². The fraction of sp³-hybridized carbons (Fsp3) is 0.263. The molecule has 2 aromatic heterocycles. The van der Waals surface area contributed by atoms with Gasteiger partial charge in [-0.15, -0.1) is 0 Å². The van der Waals surface area contributed by atoms with Gasteiger partial charge in [-0.2, -0.15) is 20.1 Å². The monoisotopic (exact) mass is 384 g/mol. The molecule has 0 fully saturated rings. The van der Waals surface area contributed by atoms with Crippen molar-refractivity contribution < 1.29 is 13.9 Å². The second-order valence-electron chi connectivity index (χ2n) is 6.90. The van der Waals surface area contributed by atoms with E-state index in [1.165, 1.54) is 28.2 Å². The van der Waals surface area contributed by atoms with Crippen LogP contribution in [0.5, 0.6) is 0 Å². The number of nitrogens with zero attached hydrogens (tertiary/aromatic N) is 6. The smallest absolute Gasteiger partial charge is 0.137 e. The molecule has 144 valence electrons. The molecule has 2 aromatic carbocycles. The highest BCUT2D eigenvalue weighted by molar-refractivity contribution is 5.75. The Bertz CT molecular complexity index is 1100. The van der Waals surface area contributed by atoms with Crippen LogP contribution in [0.3, 0.4) is 0 Å². The van der Waals surface area contributed by atoms with E-state index in [1.54, 1.807) is 0 Å². The Morgan fingerprint density at radius 1 is 1.00 bits per heavy atom. The molecule has 7 nitrogen and oxygen atoms in total. The molecule has 1 N–H and O–H groups in total. The van der Waals surface area contributed by atoms with E-state index in [9.17, 15) is 13.9 Å². The lowest BCUT2D eigenvalue weighted by Gasteiger charge is -2.28. The highest BCUT2D eigenvalue weighted by Gasteiger charge is 2.35. The Labute approximate surface area is 159 Å². The largest absolute Gasteiger partial charge is 0.381 e. The topological polar surface area (TPSA) is 81.6 Å². The summed E-state index contributed by atoms with van der Waals surface area (Å²) in [7, 11) is 0. The van der Waals surface area contributed by atoms with Crippen LogP contribution < -0.4 is 0 Å². The number of aromatic nitrogens is 6. The summed E-state index contributed by atoms with van der Waals surface area (Å²) in [4.78, 5) is 5.17. The van der Waals surface area contributed by atoms with Crippen molar-refractivity contribution in [2.75, 3.05) is 0 Å². The first-order valence-corrected chi connectivity index (χ1v) is 8.66. The van der Waals surface area contributed by atoms with Crippen LogP contribution in [-0.2, 0) is 18.7 Å². The predicted octanol–water partition coefficient (Wildman–Crippen LogP) is 2.51. The van der Waals surface area contributed by atoms with E-state index in [2.05, 4.69) is 20.3 Å². The van der Waals surface area contributed by atoms with Gasteiger partial charge in [0.25, 0.3) is 0 Å². The van der Waals surface area contributed by atoms with E-state index in [4.69, 9.17) is 0 Å². The van der Waals surface area contributed by atoms with E-state index < -0.39 is 17.2 Å². The van der Waals surface area contributed by atoms with Gasteiger partial charge < -0.3 is 5.11 Å². The molecule has 0 aliphatic heterocycles. The zero-order valence-electron chi connectivity index (χ0n) is 15.3. The lowest BCUT2D eigenvalue weighted by molar-refractivity contribution is -0.0118. The Morgan fingerprint density at radius 2 is 1.68 bits per heavy atom. The maximum atomic E-state index is 14.5. The molecular formula is C19H18F2N6O. The fourth-order valence-corrected chi connectivity index (χ4v) is 3.19. The van der Waals surface area contributed by atoms with Crippen LogP contribution in [0.4, 0.5) is 8.78 Å². The van der Waals surface area contributed by atoms with Gasteiger partial charge in [0.2, 0.25) is 0 Å². The number of aliphatic hydroxyl groups is 1. The van der Waals surface area contributed by atoms with Crippen LogP contribution in [0.15, 0.2) is 43.0 Å². The lowest BCUT2D eigenvalue weighted by Crippen LogP contribution is -2.38. The van der Waals surface area contributed by atoms with Crippen molar-refractivity contribution in [1.29, 1.82) is 0 Å². The maximum Gasteiger partial charge on any atom is 0.137 e. The molecule has 0 saturated carbocycles. The SMILES string of the molecule is Cc1cc2nn(CC(O)(Cn3cncn3)c3ccc(F)cc3F)nc2cc1C. The molecular weight excluding hydrogens is 366 g/mol. The van der Waals surface area contributed by atoms with E-state index in [0.29, 0.717) is 11.0 Å². The third kappa shape index (κ3) is 3.36. The molecule has 9 heteroatoms. The molecule has 0 saturated heterocycles. The summed E-state index contributed by atoms with van der Waals surface area (Å²) in [5, 5.41) is 24.2. The molecule has 1 atom stereocenters. The lowest BCUT2D eigenvalue weighted by atomic mass is 9.93. The first kappa shape index (κ1) is 18.2. The Morgan fingerprint density at radius 3 is 2.25 bits per heavy atom. The predicted molar refractivity (Wildman–Crippen MR) is 97.3 cm³/mol. The Kier molecular flexibility index (Phi) is 4.38. The second-order valence-corrected chi connectivity index (χ2v) is 6.90. The van der Waals surface area contributed by atoms with Crippen molar-refractivity contribution in [3.63, 3.8) is 0 Å². The van der Waals surface area contributed by atoms with E-state index >= 15 is 0 Å². The summed E-state index contributed by atoms with van der Waals surface area (Å²) in [6.45, 7) is 3.69. The minimum absolute atomic E-state index is 0.0712. The van der Waals surface area contributed by atoms with E-state index in [1.807, 2.05) is 26.0 Å². The molecule has 2 heterocycles. The normalized spacial score (nSPS) is 13.8. The third-order valence-electron chi connectivity index (χ3n) is 4.76. The quantitative estimate of drug-likeness (QED) is 0.572. The van der Waals surface area contributed by atoms with Crippen molar-refractivity contribution in [1.82, 2.24) is 29.8 Å². The van der Waals surface area contributed by atoms with Gasteiger partial charge in [-0.25, -0.2) is 18.4 Å². The summed E-state index contributed by atoms with van der Waals surface area (Å²) >= 11 is 0. The number of fused-ring (bicyclic) bond motifs is 1.